The third-order valence-corrected chi connectivity index (χ3v) is 2.10. The number of methoxy groups -OCH3 is 1. The van der Waals surface area contributed by atoms with Gasteiger partial charge in [0.15, 0.2) is 5.82 Å². The molecule has 0 unspecified atom stereocenters. The Balaban J connectivity index is 2.42. The van der Waals surface area contributed by atoms with Crippen LogP contribution in [0.25, 0.3) is 0 Å². The van der Waals surface area contributed by atoms with E-state index in [1.165, 1.54) is 4.80 Å². The molecule has 0 saturated heterocycles. The Morgan fingerprint density at radius 1 is 1.47 bits per heavy atom. The van der Waals surface area contributed by atoms with Crippen molar-refractivity contribution in [2.24, 2.45) is 7.05 Å². The molecule has 15 heavy (non-hydrogen) atoms. The molecule has 0 fully saturated rings. The lowest BCUT2D eigenvalue weighted by Gasteiger charge is -2.18. The monoisotopic (exact) mass is 233 g/mol. The lowest BCUT2D eigenvalue weighted by molar-refractivity contribution is 0.146. The van der Waals surface area contributed by atoms with Gasteiger partial charge in [-0.3, -0.25) is 4.90 Å². The highest BCUT2D eigenvalue weighted by Gasteiger charge is 2.08. The van der Waals surface area contributed by atoms with Crippen molar-refractivity contribution < 1.29 is 4.74 Å². The number of aryl methyl sites for hydroxylation is 1. The van der Waals surface area contributed by atoms with Crippen molar-refractivity contribution in [3.05, 3.63) is 5.82 Å². The van der Waals surface area contributed by atoms with Crippen LogP contribution >= 0.6 is 11.6 Å². The van der Waals surface area contributed by atoms with Gasteiger partial charge in [0.25, 0.3) is 0 Å². The van der Waals surface area contributed by atoms with Gasteiger partial charge in [0.05, 0.1) is 20.2 Å². The van der Waals surface area contributed by atoms with Gasteiger partial charge >= 0.3 is 0 Å². The normalized spacial score (nSPS) is 11.2. The molecule has 0 aliphatic carbocycles. The third-order valence-electron chi connectivity index (χ3n) is 1.93. The van der Waals surface area contributed by atoms with E-state index in [-0.39, 0.29) is 0 Å². The molecule has 0 aliphatic rings. The summed E-state index contributed by atoms with van der Waals surface area (Å²) in [6.07, 6.45) is 0. The average molecular weight is 234 g/mol. The maximum absolute atomic E-state index is 5.70. The molecule has 0 amide bonds. The second-order valence-corrected chi connectivity index (χ2v) is 3.53. The Hall–Kier alpha value is -0.720. The van der Waals surface area contributed by atoms with Gasteiger partial charge in [0, 0.05) is 26.1 Å². The minimum atomic E-state index is 0.587. The molecule has 0 spiro atoms. The fourth-order valence-electron chi connectivity index (χ4n) is 1.20. The summed E-state index contributed by atoms with van der Waals surface area (Å²) in [5, 5.41) is 11.8. The van der Waals surface area contributed by atoms with Gasteiger partial charge in [-0.1, -0.05) is 0 Å². The molecule has 0 aromatic carbocycles. The van der Waals surface area contributed by atoms with Crippen molar-refractivity contribution in [3.63, 3.8) is 0 Å². The van der Waals surface area contributed by atoms with Crippen LogP contribution in [0, 0.1) is 0 Å². The molecule has 0 aliphatic heterocycles. The van der Waals surface area contributed by atoms with Gasteiger partial charge in [-0.2, -0.15) is 4.80 Å². The Morgan fingerprint density at radius 3 is 2.80 bits per heavy atom. The molecule has 0 saturated carbocycles. The summed E-state index contributed by atoms with van der Waals surface area (Å²) in [4.78, 5) is 3.58. The van der Waals surface area contributed by atoms with E-state index in [1.807, 2.05) is 0 Å². The smallest absolute Gasteiger partial charge is 0.188 e. The maximum atomic E-state index is 5.70. The molecule has 0 bridgehead atoms. The first-order valence-corrected chi connectivity index (χ1v) is 5.30. The Morgan fingerprint density at radius 2 is 2.27 bits per heavy atom. The summed E-state index contributed by atoms with van der Waals surface area (Å²) >= 11 is 5.70. The van der Waals surface area contributed by atoms with E-state index in [9.17, 15) is 0 Å². The van der Waals surface area contributed by atoms with E-state index in [2.05, 4.69) is 20.3 Å². The van der Waals surface area contributed by atoms with Crippen molar-refractivity contribution in [1.29, 1.82) is 0 Å². The molecule has 7 heteroatoms. The summed E-state index contributed by atoms with van der Waals surface area (Å²) < 4.78 is 5.02. The zero-order valence-electron chi connectivity index (χ0n) is 9.06. The van der Waals surface area contributed by atoms with Gasteiger partial charge in [-0.25, -0.2) is 0 Å². The van der Waals surface area contributed by atoms with Crippen molar-refractivity contribution in [2.75, 3.05) is 32.7 Å². The van der Waals surface area contributed by atoms with Gasteiger partial charge in [-0.15, -0.1) is 21.8 Å². The van der Waals surface area contributed by atoms with Crippen LogP contribution in [0.5, 0.6) is 0 Å². The first kappa shape index (κ1) is 12.4. The molecule has 1 aromatic rings. The molecular formula is C8H16ClN5O. The van der Waals surface area contributed by atoms with Crippen LogP contribution < -0.4 is 0 Å². The summed E-state index contributed by atoms with van der Waals surface area (Å²) in [5.41, 5.74) is 0. The summed E-state index contributed by atoms with van der Waals surface area (Å²) in [6, 6.07) is 0. The van der Waals surface area contributed by atoms with Crippen molar-refractivity contribution in [1.82, 2.24) is 25.1 Å². The topological polar surface area (TPSA) is 56.1 Å². The summed E-state index contributed by atoms with van der Waals surface area (Å²) in [7, 11) is 3.43. The zero-order valence-corrected chi connectivity index (χ0v) is 9.81. The third kappa shape index (κ3) is 4.55. The van der Waals surface area contributed by atoms with Gasteiger partial charge in [0.2, 0.25) is 0 Å². The molecule has 0 N–H and O–H groups in total. The predicted molar refractivity (Wildman–Crippen MR) is 56.7 cm³/mol. The lowest BCUT2D eigenvalue weighted by Crippen LogP contribution is -2.29. The molecule has 86 valence electrons. The zero-order chi connectivity index (χ0) is 11.1. The van der Waals surface area contributed by atoms with Crippen LogP contribution in [0.15, 0.2) is 0 Å². The minimum absolute atomic E-state index is 0.587. The van der Waals surface area contributed by atoms with Gasteiger partial charge in [0.1, 0.15) is 0 Å². The lowest BCUT2D eigenvalue weighted by atomic mass is 10.4. The standard InChI is InChI=1S/C8H16ClN5O/c1-13-11-8(10-12-13)7-14(4-3-9)5-6-15-2/h3-7H2,1-2H3. The first-order chi connectivity index (χ1) is 7.26. The molecule has 1 aromatic heterocycles. The number of alkyl halides is 1. The number of ether oxygens (including phenoxy) is 1. The van der Waals surface area contributed by atoms with E-state index in [4.69, 9.17) is 16.3 Å². The quantitative estimate of drug-likeness (QED) is 0.616. The number of rotatable bonds is 7. The van der Waals surface area contributed by atoms with E-state index >= 15 is 0 Å². The molecule has 1 rings (SSSR count). The first-order valence-electron chi connectivity index (χ1n) is 4.76. The van der Waals surface area contributed by atoms with E-state index in [0.29, 0.717) is 24.9 Å². The average Bonchev–Trinajstić information content (AvgIpc) is 2.61. The number of hydrogen-bond donors (Lipinski definition) is 0. The number of nitrogens with zero attached hydrogens (tertiary/aromatic N) is 5. The van der Waals surface area contributed by atoms with Gasteiger partial charge in [-0.05, 0) is 5.21 Å². The number of halogens is 1. The summed E-state index contributed by atoms with van der Waals surface area (Å²) in [6.45, 7) is 2.95. The summed E-state index contributed by atoms with van der Waals surface area (Å²) in [5.74, 6) is 1.29. The maximum Gasteiger partial charge on any atom is 0.188 e. The highest BCUT2D eigenvalue weighted by molar-refractivity contribution is 6.18. The fraction of sp³-hybridized carbons (Fsp3) is 0.875. The highest BCUT2D eigenvalue weighted by Crippen LogP contribution is 1.97. The number of hydrogen-bond acceptors (Lipinski definition) is 5. The predicted octanol–water partition coefficient (Wildman–Crippen LogP) is -0.103. The Kier molecular flexibility index (Phi) is 5.52. The number of aromatic nitrogens is 4. The Labute approximate surface area is 94.1 Å². The van der Waals surface area contributed by atoms with Crippen LogP contribution in [0.1, 0.15) is 5.82 Å². The van der Waals surface area contributed by atoms with Crippen molar-refractivity contribution >= 4 is 11.6 Å². The molecular weight excluding hydrogens is 218 g/mol. The van der Waals surface area contributed by atoms with Gasteiger partial charge < -0.3 is 4.74 Å². The number of tetrazole rings is 1. The second-order valence-electron chi connectivity index (χ2n) is 3.15. The SMILES string of the molecule is COCCN(CCCl)Cc1nnn(C)n1. The molecule has 6 nitrogen and oxygen atoms in total. The van der Waals surface area contributed by atoms with E-state index < -0.39 is 0 Å². The Bertz CT molecular complexity index is 280. The second kappa shape index (κ2) is 6.71. The fourth-order valence-corrected chi connectivity index (χ4v) is 1.44. The van der Waals surface area contributed by atoms with E-state index in [1.54, 1.807) is 14.2 Å². The molecule has 1 heterocycles. The van der Waals surface area contributed by atoms with Crippen LogP contribution in [0.3, 0.4) is 0 Å². The van der Waals surface area contributed by atoms with E-state index in [0.717, 1.165) is 13.1 Å². The van der Waals surface area contributed by atoms with Crippen LogP contribution in [-0.4, -0.2) is 57.8 Å². The molecule has 0 atom stereocenters. The van der Waals surface area contributed by atoms with Crippen molar-refractivity contribution in [3.8, 4) is 0 Å². The van der Waals surface area contributed by atoms with Crippen LogP contribution in [0.2, 0.25) is 0 Å². The highest BCUT2D eigenvalue weighted by atomic mass is 35.5. The largest absolute Gasteiger partial charge is 0.383 e. The van der Waals surface area contributed by atoms with Crippen molar-refractivity contribution in [2.45, 2.75) is 6.54 Å². The molecule has 0 radical (unpaired) electrons. The van der Waals surface area contributed by atoms with Crippen LogP contribution in [-0.2, 0) is 18.3 Å². The van der Waals surface area contributed by atoms with Crippen LogP contribution in [0.4, 0.5) is 0 Å². The minimum Gasteiger partial charge on any atom is -0.383 e.